The first-order valence-corrected chi connectivity index (χ1v) is 10.5. The van der Waals surface area contributed by atoms with E-state index in [0.717, 1.165) is 5.69 Å². The fraction of sp³-hybridized carbons (Fsp3) is 0.429. The van der Waals surface area contributed by atoms with Gasteiger partial charge in [-0.25, -0.2) is 9.97 Å². The minimum Gasteiger partial charge on any atom is -0.493 e. The monoisotopic (exact) mass is 430 g/mol. The fourth-order valence-electron chi connectivity index (χ4n) is 2.91. The maximum absolute atomic E-state index is 12.8. The summed E-state index contributed by atoms with van der Waals surface area (Å²) in [6.07, 6.45) is 2.27. The molecule has 2 heterocycles. The molecule has 0 radical (unpaired) electrons. The second-order valence-electron chi connectivity index (χ2n) is 7.91. The van der Waals surface area contributed by atoms with Crippen molar-refractivity contribution in [3.8, 4) is 11.5 Å². The topological polar surface area (TPSA) is 95.3 Å². The third-order valence-electron chi connectivity index (χ3n) is 4.65. The average Bonchev–Trinajstić information content (AvgIpc) is 3.17. The van der Waals surface area contributed by atoms with Crippen LogP contribution < -0.4 is 20.3 Å². The largest absolute Gasteiger partial charge is 0.493 e. The number of aromatic nitrogens is 3. The summed E-state index contributed by atoms with van der Waals surface area (Å²) in [6.45, 7) is 6.62. The minimum absolute atomic E-state index is 0.0591. The van der Waals surface area contributed by atoms with Crippen LogP contribution >= 0.6 is 11.3 Å². The lowest BCUT2D eigenvalue weighted by Crippen LogP contribution is -2.22. The molecule has 8 nitrogen and oxygen atoms in total. The molecule has 1 aromatic carbocycles. The Hall–Kier alpha value is -2.94. The summed E-state index contributed by atoms with van der Waals surface area (Å²) in [7, 11) is 3.05. The molecule has 1 amide bonds. The zero-order chi connectivity index (χ0) is 21.9. The Morgan fingerprint density at radius 2 is 1.90 bits per heavy atom. The molecule has 9 heteroatoms. The Bertz CT molecular complexity index is 1110. The van der Waals surface area contributed by atoms with Gasteiger partial charge in [0.15, 0.2) is 16.6 Å². The molecule has 0 saturated carbocycles. The molecule has 0 atom stereocenters. The van der Waals surface area contributed by atoms with Crippen LogP contribution in [0.5, 0.6) is 11.5 Å². The van der Waals surface area contributed by atoms with Gasteiger partial charge >= 0.3 is 0 Å². The molecule has 0 bridgehead atoms. The van der Waals surface area contributed by atoms with E-state index in [-0.39, 0.29) is 23.3 Å². The Kier molecular flexibility index (Phi) is 6.40. The van der Waals surface area contributed by atoms with Crippen LogP contribution in [0.1, 0.15) is 39.3 Å². The van der Waals surface area contributed by atoms with Crippen LogP contribution in [0.25, 0.3) is 10.9 Å². The number of fused-ring (bicyclic) bond motifs is 1. The Labute approximate surface area is 178 Å². The van der Waals surface area contributed by atoms with Gasteiger partial charge in [-0.1, -0.05) is 20.8 Å². The van der Waals surface area contributed by atoms with Gasteiger partial charge in [-0.2, -0.15) is 0 Å². The molecular weight excluding hydrogens is 404 g/mol. The molecule has 3 aromatic rings. The number of hydrogen-bond acceptors (Lipinski definition) is 7. The zero-order valence-corrected chi connectivity index (χ0v) is 18.6. The molecule has 160 valence electrons. The molecular formula is C21H26N4O4S. The van der Waals surface area contributed by atoms with E-state index in [4.69, 9.17) is 9.47 Å². The number of ether oxygens (including phenoxy) is 2. The van der Waals surface area contributed by atoms with E-state index in [1.807, 2.05) is 5.38 Å². The second-order valence-corrected chi connectivity index (χ2v) is 8.77. The van der Waals surface area contributed by atoms with Crippen LogP contribution in [0.2, 0.25) is 0 Å². The first-order valence-electron chi connectivity index (χ1n) is 9.60. The summed E-state index contributed by atoms with van der Waals surface area (Å²) in [5, 5.41) is 5.82. The Balaban J connectivity index is 1.64. The number of thiazole rings is 1. The maximum Gasteiger partial charge on any atom is 0.261 e. The van der Waals surface area contributed by atoms with Crippen LogP contribution in [-0.2, 0) is 16.8 Å². The highest BCUT2D eigenvalue weighted by molar-refractivity contribution is 7.13. The van der Waals surface area contributed by atoms with E-state index in [0.29, 0.717) is 40.5 Å². The van der Waals surface area contributed by atoms with Crippen molar-refractivity contribution in [2.24, 2.45) is 0 Å². The van der Waals surface area contributed by atoms with Gasteiger partial charge < -0.3 is 14.8 Å². The third kappa shape index (κ3) is 4.79. The first kappa shape index (κ1) is 21.8. The summed E-state index contributed by atoms with van der Waals surface area (Å²) >= 11 is 1.41. The number of carbonyl (C=O) groups is 1. The van der Waals surface area contributed by atoms with E-state index >= 15 is 0 Å². The number of benzene rings is 1. The first-order chi connectivity index (χ1) is 14.2. The van der Waals surface area contributed by atoms with E-state index in [2.05, 4.69) is 36.1 Å². The molecule has 0 saturated heterocycles. The van der Waals surface area contributed by atoms with E-state index in [9.17, 15) is 9.59 Å². The predicted octanol–water partition coefficient (Wildman–Crippen LogP) is 3.59. The lowest BCUT2D eigenvalue weighted by atomic mass is 9.93. The zero-order valence-electron chi connectivity index (χ0n) is 17.8. The van der Waals surface area contributed by atoms with Crippen LogP contribution in [0, 0.1) is 0 Å². The van der Waals surface area contributed by atoms with Crippen LogP contribution in [0.15, 0.2) is 28.6 Å². The molecule has 0 aliphatic rings. The van der Waals surface area contributed by atoms with Crippen molar-refractivity contribution < 1.29 is 14.3 Å². The molecule has 1 N–H and O–H groups in total. The van der Waals surface area contributed by atoms with Gasteiger partial charge in [0, 0.05) is 29.8 Å². The number of nitrogens with one attached hydrogen (secondary N) is 1. The number of carbonyl (C=O) groups excluding carboxylic acids is 1. The van der Waals surface area contributed by atoms with Crippen molar-refractivity contribution in [2.75, 3.05) is 19.5 Å². The van der Waals surface area contributed by atoms with Crippen molar-refractivity contribution in [3.63, 3.8) is 0 Å². The highest BCUT2D eigenvalue weighted by atomic mass is 32.1. The van der Waals surface area contributed by atoms with Gasteiger partial charge in [0.2, 0.25) is 5.91 Å². The van der Waals surface area contributed by atoms with Gasteiger partial charge in [-0.3, -0.25) is 14.2 Å². The van der Waals surface area contributed by atoms with Crippen molar-refractivity contribution in [2.45, 2.75) is 45.6 Å². The predicted molar refractivity (Wildman–Crippen MR) is 118 cm³/mol. The summed E-state index contributed by atoms with van der Waals surface area (Å²) in [6, 6.07) is 3.30. The second kappa shape index (κ2) is 8.83. The summed E-state index contributed by atoms with van der Waals surface area (Å²) in [5.41, 5.74) is 1.24. The summed E-state index contributed by atoms with van der Waals surface area (Å²) in [4.78, 5) is 33.8. The molecule has 30 heavy (non-hydrogen) atoms. The van der Waals surface area contributed by atoms with Gasteiger partial charge in [-0.15, -0.1) is 11.3 Å². The summed E-state index contributed by atoms with van der Waals surface area (Å²) < 4.78 is 12.0. The van der Waals surface area contributed by atoms with Gasteiger partial charge in [0.25, 0.3) is 5.56 Å². The minimum atomic E-state index is -0.184. The van der Waals surface area contributed by atoms with E-state index in [1.165, 1.54) is 36.5 Å². The SMILES string of the molecule is COc1cc2ncn(CCCC(=O)Nc3nc(C(C)(C)C)cs3)c(=O)c2cc1OC. The molecule has 2 aromatic heterocycles. The Morgan fingerprint density at radius 3 is 2.53 bits per heavy atom. The smallest absolute Gasteiger partial charge is 0.261 e. The number of amides is 1. The molecule has 0 fully saturated rings. The number of aryl methyl sites for hydroxylation is 1. The van der Waals surface area contributed by atoms with Crippen LogP contribution in [-0.4, -0.2) is 34.7 Å². The van der Waals surface area contributed by atoms with Crippen molar-refractivity contribution in [1.82, 2.24) is 14.5 Å². The van der Waals surface area contributed by atoms with E-state index in [1.54, 1.807) is 12.1 Å². The standard InChI is InChI=1S/C21H26N4O4S/c1-21(2,3)17-11-30-20(23-17)24-18(26)7-6-8-25-12-22-14-10-16(29-5)15(28-4)9-13(14)19(25)27/h9-12H,6-8H2,1-5H3,(H,23,24,26). The molecule has 0 unspecified atom stereocenters. The lowest BCUT2D eigenvalue weighted by Gasteiger charge is -2.14. The molecule has 0 aliphatic heterocycles. The maximum atomic E-state index is 12.8. The normalized spacial score (nSPS) is 11.5. The molecule has 3 rings (SSSR count). The van der Waals surface area contributed by atoms with Crippen LogP contribution in [0.4, 0.5) is 5.13 Å². The van der Waals surface area contributed by atoms with Crippen LogP contribution in [0.3, 0.4) is 0 Å². The fourth-order valence-corrected chi connectivity index (χ4v) is 3.87. The number of rotatable bonds is 7. The number of hydrogen-bond donors (Lipinski definition) is 1. The highest BCUT2D eigenvalue weighted by Gasteiger charge is 2.18. The van der Waals surface area contributed by atoms with Gasteiger partial charge in [-0.05, 0) is 12.5 Å². The van der Waals surface area contributed by atoms with Crippen molar-refractivity contribution in [1.29, 1.82) is 0 Å². The average molecular weight is 431 g/mol. The molecule has 0 aliphatic carbocycles. The highest BCUT2D eigenvalue weighted by Crippen LogP contribution is 2.30. The van der Waals surface area contributed by atoms with Gasteiger partial charge in [0.05, 0.1) is 37.1 Å². The van der Waals surface area contributed by atoms with E-state index < -0.39 is 0 Å². The Morgan fingerprint density at radius 1 is 1.20 bits per heavy atom. The number of nitrogens with zero attached hydrogens (tertiary/aromatic N) is 3. The van der Waals surface area contributed by atoms with Gasteiger partial charge in [0.1, 0.15) is 0 Å². The quantitative estimate of drug-likeness (QED) is 0.615. The summed E-state index contributed by atoms with van der Waals surface area (Å²) in [5.74, 6) is 0.861. The number of methoxy groups -OCH3 is 2. The number of anilines is 1. The third-order valence-corrected chi connectivity index (χ3v) is 5.41. The molecule has 0 spiro atoms. The van der Waals surface area contributed by atoms with Crippen molar-refractivity contribution >= 4 is 33.3 Å². The lowest BCUT2D eigenvalue weighted by molar-refractivity contribution is -0.116. The van der Waals surface area contributed by atoms with Crippen molar-refractivity contribution in [3.05, 3.63) is 39.9 Å².